The standard InChI is InChI=1S/C26H25F9N2O4/c1-4-18-12-21(19-11-15(24(27,28)29)6-7-20(19)37(18)23(39)41-5-2)36(22(38)40-3)13-14-8-16(25(30,31)32)10-17(9-14)26(33,34)35/h6-11,18,21H,4-5,12-13H2,1-3H3/t18-,21+/m1/s1/i1D3,2D3. The molecular formula is C26H25F9N2O4. The lowest BCUT2D eigenvalue weighted by Gasteiger charge is -2.43. The van der Waals surface area contributed by atoms with E-state index in [1.54, 1.807) is 0 Å². The van der Waals surface area contributed by atoms with E-state index in [0.29, 0.717) is 34.1 Å². The molecule has 3 rings (SSSR count). The molecule has 1 aliphatic heterocycles. The molecule has 0 fully saturated rings. The smallest absolute Gasteiger partial charge is 0.416 e. The molecule has 2 aromatic carbocycles. The zero-order valence-corrected chi connectivity index (χ0v) is 20.9. The molecule has 226 valence electrons. The molecule has 41 heavy (non-hydrogen) atoms. The first-order valence-electron chi connectivity index (χ1n) is 14.5. The van der Waals surface area contributed by atoms with Crippen molar-refractivity contribution in [3.63, 3.8) is 0 Å². The molecule has 6 nitrogen and oxygen atoms in total. The first-order valence-corrected chi connectivity index (χ1v) is 11.5. The topological polar surface area (TPSA) is 59.1 Å². The Kier molecular flexibility index (Phi) is 6.84. The molecule has 0 saturated carbocycles. The molecule has 1 aliphatic rings. The number of carbonyl (C=O) groups excluding carboxylic acids is 2. The summed E-state index contributed by atoms with van der Waals surface area (Å²) < 4.78 is 177. The summed E-state index contributed by atoms with van der Waals surface area (Å²) in [6, 6.07) is -1.23. The van der Waals surface area contributed by atoms with Crippen molar-refractivity contribution in [3.05, 3.63) is 64.2 Å². The Morgan fingerprint density at radius 2 is 1.54 bits per heavy atom. The largest absolute Gasteiger partial charge is 0.453 e. The normalized spacial score (nSPS) is 20.4. The minimum Gasteiger partial charge on any atom is -0.453 e. The van der Waals surface area contributed by atoms with Crippen molar-refractivity contribution in [2.45, 2.75) is 63.7 Å². The fourth-order valence-corrected chi connectivity index (χ4v) is 4.48. The first kappa shape index (κ1) is 24.0. The number of amides is 2. The average Bonchev–Trinajstić information content (AvgIpc) is 2.90. The van der Waals surface area contributed by atoms with E-state index < -0.39 is 116 Å². The second-order valence-corrected chi connectivity index (χ2v) is 8.82. The van der Waals surface area contributed by atoms with Crippen molar-refractivity contribution in [2.75, 3.05) is 18.6 Å². The molecule has 0 aliphatic carbocycles. The van der Waals surface area contributed by atoms with Crippen LogP contribution in [0.3, 0.4) is 0 Å². The van der Waals surface area contributed by atoms with Crippen LogP contribution in [0.15, 0.2) is 36.4 Å². The van der Waals surface area contributed by atoms with E-state index in [1.165, 1.54) is 0 Å². The molecular weight excluding hydrogens is 575 g/mol. The summed E-state index contributed by atoms with van der Waals surface area (Å²) in [5.41, 5.74) is -6.65. The summed E-state index contributed by atoms with van der Waals surface area (Å²) in [5, 5.41) is 0. The predicted molar refractivity (Wildman–Crippen MR) is 127 cm³/mol. The number of alkyl halides is 9. The number of methoxy groups -OCH3 is 1. The van der Waals surface area contributed by atoms with Crippen LogP contribution in [-0.2, 0) is 34.5 Å². The average molecular weight is 607 g/mol. The van der Waals surface area contributed by atoms with E-state index in [4.69, 9.17) is 13.0 Å². The molecule has 2 aromatic rings. The van der Waals surface area contributed by atoms with Crippen LogP contribution in [0.2, 0.25) is 0 Å². The lowest BCUT2D eigenvalue weighted by Crippen LogP contribution is -2.48. The van der Waals surface area contributed by atoms with Crippen molar-refractivity contribution in [2.24, 2.45) is 0 Å². The molecule has 0 saturated heterocycles. The van der Waals surface area contributed by atoms with E-state index in [2.05, 4.69) is 4.74 Å². The van der Waals surface area contributed by atoms with Gasteiger partial charge in [0, 0.05) is 20.8 Å². The van der Waals surface area contributed by atoms with Crippen LogP contribution >= 0.6 is 0 Å². The van der Waals surface area contributed by atoms with Gasteiger partial charge in [0.2, 0.25) is 0 Å². The van der Waals surface area contributed by atoms with Crippen molar-refractivity contribution >= 4 is 17.9 Å². The quantitative estimate of drug-likeness (QED) is 0.322. The molecule has 0 unspecified atom stereocenters. The Bertz CT molecular complexity index is 1440. The number of benzene rings is 2. The Labute approximate surface area is 237 Å². The first-order chi connectivity index (χ1) is 21.2. The van der Waals surface area contributed by atoms with Crippen LogP contribution in [-0.4, -0.2) is 36.8 Å². The number of hydrogen-bond donors (Lipinski definition) is 0. The van der Waals surface area contributed by atoms with Crippen molar-refractivity contribution in [3.8, 4) is 0 Å². The molecule has 1 heterocycles. The van der Waals surface area contributed by atoms with Crippen LogP contribution in [0.4, 0.5) is 54.8 Å². The van der Waals surface area contributed by atoms with Crippen LogP contribution in [0, 0.1) is 0 Å². The fraction of sp³-hybridized carbons (Fsp3) is 0.462. The van der Waals surface area contributed by atoms with E-state index in [0.717, 1.165) is 13.2 Å². The summed E-state index contributed by atoms with van der Waals surface area (Å²) in [6.45, 7) is -7.99. The van der Waals surface area contributed by atoms with E-state index >= 15 is 0 Å². The van der Waals surface area contributed by atoms with Gasteiger partial charge in [0.1, 0.15) is 0 Å². The predicted octanol–water partition coefficient (Wildman–Crippen LogP) is 8.20. The Morgan fingerprint density at radius 1 is 0.927 bits per heavy atom. The second kappa shape index (κ2) is 11.7. The third-order valence-corrected chi connectivity index (χ3v) is 6.25. The third kappa shape index (κ3) is 6.99. The second-order valence-electron chi connectivity index (χ2n) is 8.82. The molecule has 2 amide bonds. The van der Waals surface area contributed by atoms with Gasteiger partial charge in [-0.1, -0.05) is 6.85 Å². The van der Waals surface area contributed by atoms with Crippen LogP contribution < -0.4 is 4.90 Å². The zero-order chi connectivity index (χ0) is 35.9. The SMILES string of the molecule is [2H]C([2H])([2H])COC(=O)N1c2ccc(C(F)(F)F)cc2[C@@H](N(Cc2cc(C(F)(F)F)cc(C(F)(F)F)c2)C(=O)OC)C[C@H]1CC([2H])([2H])[2H]. The summed E-state index contributed by atoms with van der Waals surface area (Å²) in [6.07, 6.45) is -20.2. The van der Waals surface area contributed by atoms with Gasteiger partial charge >= 0.3 is 30.7 Å². The number of anilines is 1. The Morgan fingerprint density at radius 3 is 2.05 bits per heavy atom. The van der Waals surface area contributed by atoms with Crippen molar-refractivity contribution in [1.82, 2.24) is 4.90 Å². The number of fused-ring (bicyclic) bond motifs is 1. The summed E-state index contributed by atoms with van der Waals surface area (Å²) in [7, 11) is 0.775. The number of ether oxygens (including phenoxy) is 2. The number of carbonyl (C=O) groups is 2. The lowest BCUT2D eigenvalue weighted by atomic mass is 9.87. The van der Waals surface area contributed by atoms with Gasteiger partial charge in [-0.2, -0.15) is 39.5 Å². The Hall–Kier alpha value is -3.65. The molecule has 15 heteroatoms. The molecule has 2 atom stereocenters. The van der Waals surface area contributed by atoms with Crippen molar-refractivity contribution in [1.29, 1.82) is 0 Å². The van der Waals surface area contributed by atoms with Gasteiger partial charge in [-0.3, -0.25) is 9.80 Å². The summed E-state index contributed by atoms with van der Waals surface area (Å²) in [4.78, 5) is 27.3. The maximum absolute atomic E-state index is 13.8. The monoisotopic (exact) mass is 606 g/mol. The molecule has 0 spiro atoms. The van der Waals surface area contributed by atoms with Gasteiger partial charge in [-0.05, 0) is 67.2 Å². The molecule has 0 N–H and O–H groups in total. The minimum absolute atomic E-state index is 0.174. The minimum atomic E-state index is -5.29. The highest BCUT2D eigenvalue weighted by Gasteiger charge is 2.43. The highest BCUT2D eigenvalue weighted by molar-refractivity contribution is 5.90. The van der Waals surface area contributed by atoms with Crippen LogP contribution in [0.5, 0.6) is 0 Å². The van der Waals surface area contributed by atoms with Gasteiger partial charge in [-0.15, -0.1) is 0 Å². The van der Waals surface area contributed by atoms with Gasteiger partial charge in [0.15, 0.2) is 0 Å². The van der Waals surface area contributed by atoms with Crippen LogP contribution in [0.25, 0.3) is 0 Å². The number of hydrogen-bond acceptors (Lipinski definition) is 4. The van der Waals surface area contributed by atoms with Gasteiger partial charge in [-0.25, -0.2) is 9.59 Å². The number of rotatable bonds is 5. The van der Waals surface area contributed by atoms with E-state index in [-0.39, 0.29) is 6.07 Å². The maximum Gasteiger partial charge on any atom is 0.416 e. The highest BCUT2D eigenvalue weighted by Crippen LogP contribution is 2.45. The number of nitrogens with zero attached hydrogens (tertiary/aromatic N) is 2. The van der Waals surface area contributed by atoms with Gasteiger partial charge < -0.3 is 9.47 Å². The fourth-order valence-electron chi connectivity index (χ4n) is 4.48. The van der Waals surface area contributed by atoms with E-state index in [9.17, 15) is 49.1 Å². The number of halogens is 9. The molecule has 0 radical (unpaired) electrons. The highest BCUT2D eigenvalue weighted by atomic mass is 19.4. The lowest BCUT2D eigenvalue weighted by molar-refractivity contribution is -0.143. The van der Waals surface area contributed by atoms with Gasteiger partial charge in [0.25, 0.3) is 0 Å². The summed E-state index contributed by atoms with van der Waals surface area (Å²) in [5.74, 6) is 0. The molecule has 0 bridgehead atoms. The van der Waals surface area contributed by atoms with Crippen LogP contribution in [0.1, 0.15) is 68.6 Å². The Balaban J connectivity index is 2.28. The summed E-state index contributed by atoms with van der Waals surface area (Å²) >= 11 is 0. The zero-order valence-electron chi connectivity index (χ0n) is 26.9. The van der Waals surface area contributed by atoms with Gasteiger partial charge in [0.05, 0.1) is 42.1 Å². The van der Waals surface area contributed by atoms with E-state index in [1.807, 2.05) is 0 Å². The molecule has 0 aromatic heterocycles. The van der Waals surface area contributed by atoms with Crippen molar-refractivity contribution < 1.29 is 66.8 Å². The maximum atomic E-state index is 13.8. The third-order valence-electron chi connectivity index (χ3n) is 6.25.